The van der Waals surface area contributed by atoms with Crippen molar-refractivity contribution >= 4 is 0 Å². The van der Waals surface area contributed by atoms with Gasteiger partial charge in [0, 0.05) is 12.6 Å². The van der Waals surface area contributed by atoms with E-state index >= 15 is 0 Å². The van der Waals surface area contributed by atoms with Gasteiger partial charge in [0.1, 0.15) is 0 Å². The van der Waals surface area contributed by atoms with Gasteiger partial charge in [0.05, 0.1) is 0 Å². The van der Waals surface area contributed by atoms with E-state index in [9.17, 15) is 0 Å². The van der Waals surface area contributed by atoms with Crippen LogP contribution in [0.5, 0.6) is 0 Å². The van der Waals surface area contributed by atoms with Crippen LogP contribution in [0.15, 0.2) is 0 Å². The molecular weight excluding hydrogens is 244 g/mol. The Hall–Kier alpha value is -0.0800. The van der Waals surface area contributed by atoms with Crippen molar-refractivity contribution in [2.24, 2.45) is 17.8 Å². The molecule has 0 bridgehead atoms. The molecule has 20 heavy (non-hydrogen) atoms. The molecular formula is C18H38N2. The van der Waals surface area contributed by atoms with Gasteiger partial charge in [0.2, 0.25) is 0 Å². The van der Waals surface area contributed by atoms with Crippen molar-refractivity contribution in [3.05, 3.63) is 0 Å². The zero-order valence-electron chi connectivity index (χ0n) is 14.6. The molecule has 0 heterocycles. The third-order valence-electron chi connectivity index (χ3n) is 4.88. The van der Waals surface area contributed by atoms with Gasteiger partial charge >= 0.3 is 0 Å². The Morgan fingerprint density at radius 1 is 0.950 bits per heavy atom. The third kappa shape index (κ3) is 5.73. The Bertz CT molecular complexity index is 236. The maximum Gasteiger partial charge on any atom is 0.0113 e. The summed E-state index contributed by atoms with van der Waals surface area (Å²) in [4.78, 5) is 2.71. The topological polar surface area (TPSA) is 15.3 Å². The summed E-state index contributed by atoms with van der Waals surface area (Å²) in [5.74, 6) is 2.60. The van der Waals surface area contributed by atoms with Gasteiger partial charge in [-0.3, -0.25) is 0 Å². The van der Waals surface area contributed by atoms with Gasteiger partial charge < -0.3 is 10.2 Å². The lowest BCUT2D eigenvalue weighted by atomic mass is 9.72. The van der Waals surface area contributed by atoms with E-state index in [1.54, 1.807) is 0 Å². The van der Waals surface area contributed by atoms with Crippen molar-refractivity contribution in [3.63, 3.8) is 0 Å². The van der Waals surface area contributed by atoms with E-state index in [2.05, 4.69) is 44.8 Å². The van der Waals surface area contributed by atoms with Crippen LogP contribution in [0.1, 0.15) is 66.7 Å². The summed E-state index contributed by atoms with van der Waals surface area (Å²) >= 11 is 0. The summed E-state index contributed by atoms with van der Waals surface area (Å²) in [6.45, 7) is 16.8. The molecule has 0 aromatic rings. The molecule has 0 amide bonds. The van der Waals surface area contributed by atoms with Crippen LogP contribution in [0.25, 0.3) is 0 Å². The number of nitrogens with one attached hydrogen (secondary N) is 1. The number of hydrogen-bond donors (Lipinski definition) is 1. The number of nitrogens with zero attached hydrogens (tertiary/aromatic N) is 1. The van der Waals surface area contributed by atoms with Crippen LogP contribution >= 0.6 is 0 Å². The first kappa shape index (κ1) is 18.0. The lowest BCUT2D eigenvalue weighted by Crippen LogP contribution is -2.49. The van der Waals surface area contributed by atoms with E-state index in [1.807, 2.05) is 0 Å². The molecule has 0 aromatic carbocycles. The zero-order chi connectivity index (χ0) is 15.0. The highest BCUT2D eigenvalue weighted by atomic mass is 15.1. The van der Waals surface area contributed by atoms with Crippen LogP contribution in [0, 0.1) is 17.8 Å². The summed E-state index contributed by atoms with van der Waals surface area (Å²) in [6, 6.07) is 0.741. The first-order valence-corrected chi connectivity index (χ1v) is 9.07. The van der Waals surface area contributed by atoms with Gasteiger partial charge in [-0.1, -0.05) is 34.6 Å². The molecule has 1 aliphatic carbocycles. The average molecular weight is 283 g/mol. The largest absolute Gasteiger partial charge is 0.314 e. The Morgan fingerprint density at radius 3 is 2.15 bits per heavy atom. The van der Waals surface area contributed by atoms with Crippen molar-refractivity contribution < 1.29 is 0 Å². The maximum atomic E-state index is 3.85. The second-order valence-electron chi connectivity index (χ2n) is 7.08. The van der Waals surface area contributed by atoms with E-state index in [4.69, 9.17) is 0 Å². The lowest BCUT2D eigenvalue weighted by molar-refractivity contribution is 0.101. The summed E-state index contributed by atoms with van der Waals surface area (Å²) < 4.78 is 0. The molecule has 1 aliphatic rings. The second-order valence-corrected chi connectivity index (χ2v) is 7.08. The standard InChI is InChI=1S/C18H38N2/c1-6-9-19-18-13-15(4)12-16(5)17(18)14-20(10-7-2)11-8-3/h15-19H,6-14H2,1-5H3. The fourth-order valence-corrected chi connectivity index (χ4v) is 4.01. The van der Waals surface area contributed by atoms with Gasteiger partial charge in [0.25, 0.3) is 0 Å². The fourth-order valence-electron chi connectivity index (χ4n) is 4.01. The molecule has 2 nitrogen and oxygen atoms in total. The molecule has 0 saturated heterocycles. The van der Waals surface area contributed by atoms with Crippen LogP contribution in [0.4, 0.5) is 0 Å². The van der Waals surface area contributed by atoms with Gasteiger partial charge in [-0.15, -0.1) is 0 Å². The first-order valence-electron chi connectivity index (χ1n) is 9.07. The Kier molecular flexibility index (Phi) is 8.79. The number of hydrogen-bond acceptors (Lipinski definition) is 2. The quantitative estimate of drug-likeness (QED) is 0.683. The molecule has 1 fully saturated rings. The smallest absolute Gasteiger partial charge is 0.0113 e. The van der Waals surface area contributed by atoms with Crippen LogP contribution in [-0.4, -0.2) is 37.1 Å². The Labute approximate surface area is 127 Å². The molecule has 2 heteroatoms. The van der Waals surface area contributed by atoms with Gasteiger partial charge in [0.15, 0.2) is 0 Å². The van der Waals surface area contributed by atoms with E-state index in [0.29, 0.717) is 0 Å². The summed E-state index contributed by atoms with van der Waals surface area (Å²) in [6.07, 6.45) is 6.61. The molecule has 120 valence electrons. The monoisotopic (exact) mass is 282 g/mol. The van der Waals surface area contributed by atoms with Gasteiger partial charge in [-0.25, -0.2) is 0 Å². The molecule has 1 saturated carbocycles. The normalized spacial score (nSPS) is 30.9. The summed E-state index contributed by atoms with van der Waals surface area (Å²) in [5, 5.41) is 3.85. The third-order valence-corrected chi connectivity index (χ3v) is 4.88. The highest BCUT2D eigenvalue weighted by Gasteiger charge is 2.34. The minimum atomic E-state index is 0.741. The zero-order valence-corrected chi connectivity index (χ0v) is 14.6. The molecule has 0 radical (unpaired) electrons. The fraction of sp³-hybridized carbons (Fsp3) is 1.00. The summed E-state index contributed by atoms with van der Waals surface area (Å²) in [7, 11) is 0. The van der Waals surface area contributed by atoms with Crippen LogP contribution < -0.4 is 5.32 Å². The molecule has 1 N–H and O–H groups in total. The number of rotatable bonds is 9. The van der Waals surface area contributed by atoms with Crippen LogP contribution in [0.3, 0.4) is 0 Å². The lowest BCUT2D eigenvalue weighted by Gasteiger charge is -2.42. The Balaban J connectivity index is 2.63. The predicted octanol–water partition coefficient (Wildman–Crippen LogP) is 4.16. The highest BCUT2D eigenvalue weighted by Crippen LogP contribution is 2.34. The predicted molar refractivity (Wildman–Crippen MR) is 90.2 cm³/mol. The second kappa shape index (κ2) is 9.78. The van der Waals surface area contributed by atoms with E-state index < -0.39 is 0 Å². The molecule has 4 atom stereocenters. The van der Waals surface area contributed by atoms with Crippen molar-refractivity contribution in [2.75, 3.05) is 26.2 Å². The SMILES string of the molecule is CCCNC1CC(C)CC(C)C1CN(CCC)CCC. The molecule has 0 aliphatic heterocycles. The van der Waals surface area contributed by atoms with Crippen LogP contribution in [-0.2, 0) is 0 Å². The molecule has 0 spiro atoms. The van der Waals surface area contributed by atoms with E-state index in [-0.39, 0.29) is 0 Å². The maximum absolute atomic E-state index is 3.85. The Morgan fingerprint density at radius 2 is 1.60 bits per heavy atom. The van der Waals surface area contributed by atoms with Gasteiger partial charge in [-0.2, -0.15) is 0 Å². The van der Waals surface area contributed by atoms with Crippen molar-refractivity contribution in [2.45, 2.75) is 72.8 Å². The van der Waals surface area contributed by atoms with Crippen molar-refractivity contribution in [3.8, 4) is 0 Å². The van der Waals surface area contributed by atoms with Crippen LogP contribution in [0.2, 0.25) is 0 Å². The van der Waals surface area contributed by atoms with E-state index in [1.165, 1.54) is 58.3 Å². The minimum Gasteiger partial charge on any atom is -0.314 e. The van der Waals surface area contributed by atoms with Gasteiger partial charge in [-0.05, 0) is 69.5 Å². The minimum absolute atomic E-state index is 0.741. The van der Waals surface area contributed by atoms with Crippen molar-refractivity contribution in [1.82, 2.24) is 10.2 Å². The molecule has 0 aromatic heterocycles. The molecule has 1 rings (SSSR count). The van der Waals surface area contributed by atoms with Crippen molar-refractivity contribution in [1.29, 1.82) is 0 Å². The first-order chi connectivity index (χ1) is 9.62. The highest BCUT2D eigenvalue weighted by molar-refractivity contribution is 4.89. The van der Waals surface area contributed by atoms with E-state index in [0.717, 1.165) is 23.8 Å². The summed E-state index contributed by atoms with van der Waals surface area (Å²) in [5.41, 5.74) is 0. The molecule has 4 unspecified atom stereocenters. The average Bonchev–Trinajstić information content (AvgIpc) is 2.40.